The van der Waals surface area contributed by atoms with E-state index < -0.39 is 11.8 Å². The highest BCUT2D eigenvalue weighted by atomic mass is 16.5. The Morgan fingerprint density at radius 3 is 2.28 bits per heavy atom. The molecule has 0 atom stereocenters. The molecule has 0 saturated heterocycles. The van der Waals surface area contributed by atoms with E-state index in [0.717, 1.165) is 5.69 Å². The van der Waals surface area contributed by atoms with Gasteiger partial charge in [0.1, 0.15) is 11.5 Å². The van der Waals surface area contributed by atoms with Crippen molar-refractivity contribution in [2.45, 2.75) is 6.92 Å². The number of anilines is 1. The molecule has 0 radical (unpaired) electrons. The maximum absolute atomic E-state index is 12.9. The molecule has 0 bridgehead atoms. The highest BCUT2D eigenvalue weighted by molar-refractivity contribution is 6.15. The van der Waals surface area contributed by atoms with Crippen molar-refractivity contribution in [3.05, 3.63) is 53.1 Å². The van der Waals surface area contributed by atoms with Gasteiger partial charge in [0, 0.05) is 31.4 Å². The molecule has 0 aliphatic heterocycles. The molecule has 2 aromatic carbocycles. The van der Waals surface area contributed by atoms with E-state index in [9.17, 15) is 14.7 Å². The molecule has 6 nitrogen and oxygen atoms in total. The van der Waals surface area contributed by atoms with E-state index in [1.54, 1.807) is 31.2 Å². The number of nitrogens with zero attached hydrogens (tertiary/aromatic N) is 1. The number of methoxy groups -OCH3 is 1. The van der Waals surface area contributed by atoms with Crippen molar-refractivity contribution in [3.63, 3.8) is 0 Å². The van der Waals surface area contributed by atoms with E-state index in [1.807, 2.05) is 19.0 Å². The quantitative estimate of drug-likeness (QED) is 0.779. The highest BCUT2D eigenvalue weighted by Crippen LogP contribution is 2.29. The Labute approximate surface area is 146 Å². The van der Waals surface area contributed by atoms with E-state index in [4.69, 9.17) is 9.47 Å². The first-order valence-corrected chi connectivity index (χ1v) is 7.79. The molecule has 0 aliphatic carbocycles. The van der Waals surface area contributed by atoms with Crippen molar-refractivity contribution in [3.8, 4) is 11.5 Å². The molecule has 25 heavy (non-hydrogen) atoms. The number of carbonyl (C=O) groups excluding carboxylic acids is 1. The molecule has 0 fully saturated rings. The molecule has 2 rings (SSSR count). The van der Waals surface area contributed by atoms with Crippen molar-refractivity contribution >= 4 is 17.4 Å². The number of ketones is 1. The minimum Gasteiger partial charge on any atom is -0.496 e. The lowest BCUT2D eigenvalue weighted by atomic mass is 9.97. The third-order valence-corrected chi connectivity index (χ3v) is 3.72. The van der Waals surface area contributed by atoms with Gasteiger partial charge in [0.15, 0.2) is 5.78 Å². The minimum absolute atomic E-state index is 0.0897. The maximum atomic E-state index is 12.9. The Kier molecular flexibility index (Phi) is 5.64. The van der Waals surface area contributed by atoms with E-state index >= 15 is 0 Å². The van der Waals surface area contributed by atoms with Gasteiger partial charge >= 0.3 is 5.97 Å². The molecule has 2 aromatic rings. The van der Waals surface area contributed by atoms with Crippen LogP contribution >= 0.6 is 0 Å². The summed E-state index contributed by atoms with van der Waals surface area (Å²) in [5, 5.41) is 9.45. The summed E-state index contributed by atoms with van der Waals surface area (Å²) < 4.78 is 10.6. The zero-order valence-electron chi connectivity index (χ0n) is 14.7. The van der Waals surface area contributed by atoms with Crippen LogP contribution in [0.25, 0.3) is 0 Å². The predicted molar refractivity (Wildman–Crippen MR) is 95.3 cm³/mol. The fourth-order valence-corrected chi connectivity index (χ4v) is 2.45. The number of ether oxygens (including phenoxy) is 2. The van der Waals surface area contributed by atoms with Crippen LogP contribution in [-0.4, -0.2) is 44.7 Å². The van der Waals surface area contributed by atoms with Gasteiger partial charge in [-0.1, -0.05) is 0 Å². The number of hydrogen-bond acceptors (Lipinski definition) is 5. The number of carbonyl (C=O) groups is 2. The average molecular weight is 343 g/mol. The number of carboxylic acid groups (broad SMARTS) is 1. The molecular weight excluding hydrogens is 322 g/mol. The summed E-state index contributed by atoms with van der Waals surface area (Å²) in [7, 11) is 5.23. The molecule has 132 valence electrons. The zero-order valence-corrected chi connectivity index (χ0v) is 14.7. The summed E-state index contributed by atoms with van der Waals surface area (Å²) in [5.74, 6) is -0.802. The fourth-order valence-electron chi connectivity index (χ4n) is 2.45. The number of carboxylic acids is 1. The Morgan fingerprint density at radius 1 is 1.04 bits per heavy atom. The monoisotopic (exact) mass is 343 g/mol. The lowest BCUT2D eigenvalue weighted by Crippen LogP contribution is -2.13. The summed E-state index contributed by atoms with van der Waals surface area (Å²) in [6.45, 7) is 2.21. The van der Waals surface area contributed by atoms with Gasteiger partial charge in [0.2, 0.25) is 0 Å². The number of rotatable bonds is 7. The Hall–Kier alpha value is -3.02. The maximum Gasteiger partial charge on any atom is 0.336 e. The van der Waals surface area contributed by atoms with Crippen LogP contribution in [0.15, 0.2) is 36.4 Å². The van der Waals surface area contributed by atoms with E-state index in [0.29, 0.717) is 23.7 Å². The number of hydrogen-bond donors (Lipinski definition) is 1. The first-order chi connectivity index (χ1) is 11.9. The molecule has 0 unspecified atom stereocenters. The van der Waals surface area contributed by atoms with Gasteiger partial charge in [0.05, 0.1) is 24.8 Å². The normalized spacial score (nSPS) is 10.2. The van der Waals surface area contributed by atoms with Gasteiger partial charge in [-0.05, 0) is 37.3 Å². The standard InChI is InChI=1S/C19H21NO5/c1-5-25-13-7-9-14(16(11-13)19(22)23)18(21)15-8-6-12(20(2)3)10-17(15)24-4/h6-11H,5H2,1-4H3,(H,22,23). The van der Waals surface area contributed by atoms with Crippen LogP contribution in [0.4, 0.5) is 5.69 Å². The second-order valence-electron chi connectivity index (χ2n) is 5.55. The smallest absolute Gasteiger partial charge is 0.336 e. The molecule has 6 heteroatoms. The summed E-state index contributed by atoms with van der Waals surface area (Å²) in [4.78, 5) is 26.4. The third-order valence-electron chi connectivity index (χ3n) is 3.72. The van der Waals surface area contributed by atoms with Crippen molar-refractivity contribution in [1.82, 2.24) is 0 Å². The summed E-state index contributed by atoms with van der Waals surface area (Å²) in [6.07, 6.45) is 0. The minimum atomic E-state index is -1.19. The molecule has 1 N–H and O–H groups in total. The summed E-state index contributed by atoms with van der Waals surface area (Å²) in [6, 6.07) is 9.57. The fraction of sp³-hybridized carbons (Fsp3) is 0.263. The second-order valence-corrected chi connectivity index (χ2v) is 5.55. The van der Waals surface area contributed by atoms with Crippen LogP contribution in [0.5, 0.6) is 11.5 Å². The third kappa shape index (κ3) is 3.91. The Balaban J connectivity index is 2.52. The Bertz CT molecular complexity index is 798. The van der Waals surface area contributed by atoms with Gasteiger partial charge in [0.25, 0.3) is 0 Å². The van der Waals surface area contributed by atoms with E-state index in [2.05, 4.69) is 0 Å². The molecule has 0 saturated carbocycles. The van der Waals surface area contributed by atoms with E-state index in [-0.39, 0.29) is 11.1 Å². The first-order valence-electron chi connectivity index (χ1n) is 7.79. The van der Waals surface area contributed by atoms with Crippen LogP contribution in [0, 0.1) is 0 Å². The van der Waals surface area contributed by atoms with Crippen molar-refractivity contribution in [2.24, 2.45) is 0 Å². The van der Waals surface area contributed by atoms with Gasteiger partial charge in [-0.2, -0.15) is 0 Å². The van der Waals surface area contributed by atoms with Gasteiger partial charge in [-0.3, -0.25) is 4.79 Å². The Morgan fingerprint density at radius 2 is 1.72 bits per heavy atom. The number of aromatic carboxylic acids is 1. The van der Waals surface area contributed by atoms with Crippen molar-refractivity contribution < 1.29 is 24.2 Å². The van der Waals surface area contributed by atoms with Gasteiger partial charge in [-0.15, -0.1) is 0 Å². The summed E-state index contributed by atoms with van der Waals surface area (Å²) >= 11 is 0. The summed E-state index contributed by atoms with van der Waals surface area (Å²) in [5.41, 5.74) is 1.17. The zero-order chi connectivity index (χ0) is 18.6. The second kappa shape index (κ2) is 7.70. The molecule has 0 heterocycles. The highest BCUT2D eigenvalue weighted by Gasteiger charge is 2.22. The van der Waals surface area contributed by atoms with Crippen LogP contribution in [-0.2, 0) is 0 Å². The molecule has 0 spiro atoms. The van der Waals surface area contributed by atoms with Crippen LogP contribution in [0.3, 0.4) is 0 Å². The topological polar surface area (TPSA) is 76.1 Å². The lowest BCUT2D eigenvalue weighted by molar-refractivity contribution is 0.0692. The van der Waals surface area contributed by atoms with Gasteiger partial charge in [-0.25, -0.2) is 4.79 Å². The van der Waals surface area contributed by atoms with Crippen LogP contribution in [0.1, 0.15) is 33.2 Å². The van der Waals surface area contributed by atoms with Gasteiger partial charge < -0.3 is 19.5 Å². The predicted octanol–water partition coefficient (Wildman–Crippen LogP) is 3.09. The van der Waals surface area contributed by atoms with Crippen molar-refractivity contribution in [2.75, 3.05) is 32.7 Å². The largest absolute Gasteiger partial charge is 0.496 e. The van der Waals surface area contributed by atoms with E-state index in [1.165, 1.54) is 19.2 Å². The molecular formula is C19H21NO5. The average Bonchev–Trinajstić information content (AvgIpc) is 2.60. The van der Waals surface area contributed by atoms with Crippen molar-refractivity contribution in [1.29, 1.82) is 0 Å². The van der Waals surface area contributed by atoms with Crippen LogP contribution in [0.2, 0.25) is 0 Å². The SMILES string of the molecule is CCOc1ccc(C(=O)c2ccc(N(C)C)cc2OC)c(C(=O)O)c1. The number of benzene rings is 2. The first kappa shape index (κ1) is 18.3. The molecule has 0 aromatic heterocycles. The van der Waals surface area contributed by atoms with Crippen LogP contribution < -0.4 is 14.4 Å². The molecule has 0 amide bonds. The molecule has 0 aliphatic rings. The lowest BCUT2D eigenvalue weighted by Gasteiger charge is -2.16.